The van der Waals surface area contributed by atoms with Crippen LogP contribution in [0.4, 0.5) is 5.69 Å². The molecule has 23 heavy (non-hydrogen) atoms. The average molecular weight is 359 g/mol. The number of carboxylic acids is 1. The van der Waals surface area contributed by atoms with E-state index in [2.05, 4.69) is 9.88 Å². The number of nitrogens with two attached hydrogens (primary N) is 1. The highest BCUT2D eigenvalue weighted by atomic mass is 35.5. The van der Waals surface area contributed by atoms with Gasteiger partial charge in [0.25, 0.3) is 0 Å². The van der Waals surface area contributed by atoms with E-state index < -0.39 is 12.0 Å². The smallest absolute Gasteiger partial charge is 0.320 e. The van der Waals surface area contributed by atoms with Crippen LogP contribution in [-0.2, 0) is 18.3 Å². The molecule has 8 heteroatoms. The molecule has 1 heterocycles. The summed E-state index contributed by atoms with van der Waals surface area (Å²) in [5.41, 5.74) is 8.32. The van der Waals surface area contributed by atoms with Crippen molar-refractivity contribution in [3.05, 3.63) is 24.0 Å². The lowest BCUT2D eigenvalue weighted by molar-refractivity contribution is -0.138. The van der Waals surface area contributed by atoms with Crippen LogP contribution in [0.15, 0.2) is 18.2 Å². The van der Waals surface area contributed by atoms with Crippen molar-refractivity contribution in [3.8, 4) is 0 Å². The van der Waals surface area contributed by atoms with Crippen molar-refractivity contribution in [1.29, 1.82) is 0 Å². The van der Waals surface area contributed by atoms with Gasteiger partial charge in [-0.2, -0.15) is 0 Å². The summed E-state index contributed by atoms with van der Waals surface area (Å²) >= 11 is 11.7. The molecule has 2 rings (SSSR count). The summed E-state index contributed by atoms with van der Waals surface area (Å²) in [6, 6.07) is 4.95. The molecule has 0 aliphatic heterocycles. The van der Waals surface area contributed by atoms with Crippen molar-refractivity contribution in [2.24, 2.45) is 12.8 Å². The lowest BCUT2D eigenvalue weighted by atomic mass is 10.2. The number of hydrogen-bond donors (Lipinski definition) is 2. The number of carbonyl (C=O) groups is 1. The molecule has 0 radical (unpaired) electrons. The zero-order valence-electron chi connectivity index (χ0n) is 12.9. The summed E-state index contributed by atoms with van der Waals surface area (Å²) in [5, 5.41) is 8.95. The van der Waals surface area contributed by atoms with Crippen LogP contribution < -0.4 is 10.6 Å². The fourth-order valence-electron chi connectivity index (χ4n) is 2.48. The highest BCUT2D eigenvalue weighted by Gasteiger charge is 2.17. The van der Waals surface area contributed by atoms with Crippen molar-refractivity contribution in [3.63, 3.8) is 0 Å². The molecule has 1 aromatic carbocycles. The molecule has 0 saturated carbocycles. The van der Waals surface area contributed by atoms with Gasteiger partial charge in [0, 0.05) is 44.0 Å². The topological polar surface area (TPSA) is 84.4 Å². The molecule has 6 nitrogen and oxygen atoms in total. The molecule has 2 aromatic rings. The first kappa shape index (κ1) is 17.8. The zero-order chi connectivity index (χ0) is 17.0. The fraction of sp³-hybridized carbons (Fsp3) is 0.467. The van der Waals surface area contributed by atoms with Crippen molar-refractivity contribution < 1.29 is 9.90 Å². The van der Waals surface area contributed by atoms with Crippen molar-refractivity contribution in [2.45, 2.75) is 12.5 Å². The fourth-order valence-corrected chi connectivity index (χ4v) is 2.88. The Hall–Kier alpha value is -1.50. The van der Waals surface area contributed by atoms with Crippen LogP contribution in [0.25, 0.3) is 11.0 Å². The summed E-state index contributed by atoms with van der Waals surface area (Å²) in [6.07, 6.45) is 0.183. The van der Waals surface area contributed by atoms with Crippen molar-refractivity contribution in [2.75, 3.05) is 29.7 Å². The summed E-state index contributed by atoms with van der Waals surface area (Å²) in [6.45, 7) is 1.40. The van der Waals surface area contributed by atoms with E-state index in [1.165, 1.54) is 0 Å². The van der Waals surface area contributed by atoms with Gasteiger partial charge >= 0.3 is 5.97 Å². The molecule has 0 bridgehead atoms. The Kier molecular flexibility index (Phi) is 6.10. The number of halogens is 2. The van der Waals surface area contributed by atoms with Gasteiger partial charge in [-0.05, 0) is 18.2 Å². The van der Waals surface area contributed by atoms with Crippen LogP contribution >= 0.6 is 23.2 Å². The molecule has 1 aromatic heterocycles. The van der Waals surface area contributed by atoms with Crippen LogP contribution in [0.2, 0.25) is 0 Å². The second-order valence-corrected chi connectivity index (χ2v) is 6.03. The standard InChI is InChI=1S/C15H20Cl2N4O2/c1-20-13-3-2-10(21(6-4-16)7-5-17)8-12(13)19-14(20)9-11(18)15(22)23/h2-3,8,11H,4-7,9,18H2,1H3,(H,22,23). The van der Waals surface area contributed by atoms with E-state index in [9.17, 15) is 4.79 Å². The molecular weight excluding hydrogens is 339 g/mol. The number of nitrogens with zero attached hydrogens (tertiary/aromatic N) is 3. The number of aromatic nitrogens is 2. The third-order valence-corrected chi connectivity index (χ3v) is 4.09. The van der Waals surface area contributed by atoms with Crippen LogP contribution in [-0.4, -0.2) is 51.5 Å². The second-order valence-electron chi connectivity index (χ2n) is 5.27. The maximum absolute atomic E-state index is 10.9. The van der Waals surface area contributed by atoms with E-state index in [-0.39, 0.29) is 6.42 Å². The first-order chi connectivity index (χ1) is 11.0. The van der Waals surface area contributed by atoms with E-state index >= 15 is 0 Å². The summed E-state index contributed by atoms with van der Waals surface area (Å²) < 4.78 is 1.87. The minimum atomic E-state index is -1.03. The van der Waals surface area contributed by atoms with Crippen LogP contribution in [0.1, 0.15) is 5.82 Å². The molecule has 126 valence electrons. The highest BCUT2D eigenvalue weighted by molar-refractivity contribution is 6.18. The predicted molar refractivity (Wildman–Crippen MR) is 93.7 cm³/mol. The number of hydrogen-bond acceptors (Lipinski definition) is 4. The number of imidazole rings is 1. The van der Waals surface area contributed by atoms with E-state index in [1.807, 2.05) is 29.8 Å². The quantitative estimate of drug-likeness (QED) is 0.703. The van der Waals surface area contributed by atoms with Gasteiger partial charge in [0.1, 0.15) is 11.9 Å². The van der Waals surface area contributed by atoms with Crippen molar-refractivity contribution in [1.82, 2.24) is 9.55 Å². The molecule has 3 N–H and O–H groups in total. The van der Waals surface area contributed by atoms with Crippen LogP contribution in [0.3, 0.4) is 0 Å². The number of aryl methyl sites for hydroxylation is 1. The zero-order valence-corrected chi connectivity index (χ0v) is 14.4. The summed E-state index contributed by atoms with van der Waals surface area (Å²) in [7, 11) is 1.86. The molecule has 0 saturated heterocycles. The Labute approximate surface area is 144 Å². The van der Waals surface area contributed by atoms with E-state index in [1.54, 1.807) is 0 Å². The first-order valence-electron chi connectivity index (χ1n) is 7.28. The third-order valence-electron chi connectivity index (χ3n) is 3.75. The highest BCUT2D eigenvalue weighted by Crippen LogP contribution is 2.23. The first-order valence-corrected chi connectivity index (χ1v) is 8.35. The minimum absolute atomic E-state index is 0.183. The molecule has 0 fully saturated rings. The van der Waals surface area contributed by atoms with Gasteiger partial charge in [0.2, 0.25) is 0 Å². The number of carboxylic acid groups (broad SMARTS) is 1. The van der Waals surface area contributed by atoms with Gasteiger partial charge in [-0.1, -0.05) is 0 Å². The maximum atomic E-state index is 10.9. The summed E-state index contributed by atoms with van der Waals surface area (Å²) in [5.74, 6) is 0.632. The van der Waals surface area contributed by atoms with Gasteiger partial charge in [0.15, 0.2) is 0 Å². The lowest BCUT2D eigenvalue weighted by Gasteiger charge is -2.22. The number of aliphatic carboxylic acids is 1. The number of alkyl halides is 2. The SMILES string of the molecule is Cn1c(CC(N)C(=O)O)nc2cc(N(CCCl)CCCl)ccc21. The largest absolute Gasteiger partial charge is 0.480 e. The maximum Gasteiger partial charge on any atom is 0.320 e. The second kappa shape index (κ2) is 7.86. The van der Waals surface area contributed by atoms with E-state index in [0.717, 1.165) is 16.7 Å². The third kappa shape index (κ3) is 4.07. The van der Waals surface area contributed by atoms with Gasteiger partial charge in [-0.25, -0.2) is 4.98 Å². The summed E-state index contributed by atoms with van der Waals surface area (Å²) in [4.78, 5) is 17.5. The normalized spacial score (nSPS) is 12.5. The Morgan fingerprint density at radius 2 is 2.04 bits per heavy atom. The van der Waals surface area contributed by atoms with Crippen LogP contribution in [0.5, 0.6) is 0 Å². The number of benzene rings is 1. The number of anilines is 1. The minimum Gasteiger partial charge on any atom is -0.480 e. The Morgan fingerprint density at radius 3 is 2.61 bits per heavy atom. The Balaban J connectivity index is 2.34. The van der Waals surface area contributed by atoms with Gasteiger partial charge in [-0.15, -0.1) is 23.2 Å². The lowest BCUT2D eigenvalue weighted by Crippen LogP contribution is -2.33. The molecule has 0 aliphatic rings. The van der Waals surface area contributed by atoms with E-state index in [0.29, 0.717) is 30.7 Å². The molecule has 1 unspecified atom stereocenters. The Bertz CT molecular complexity index is 683. The van der Waals surface area contributed by atoms with Crippen molar-refractivity contribution >= 4 is 45.9 Å². The molecule has 1 atom stereocenters. The van der Waals surface area contributed by atoms with Gasteiger partial charge in [-0.3, -0.25) is 4.79 Å². The monoisotopic (exact) mass is 358 g/mol. The van der Waals surface area contributed by atoms with Crippen LogP contribution in [0, 0.1) is 0 Å². The molecular formula is C15H20Cl2N4O2. The average Bonchev–Trinajstić information content (AvgIpc) is 2.82. The van der Waals surface area contributed by atoms with E-state index in [4.69, 9.17) is 34.0 Å². The molecule has 0 amide bonds. The Morgan fingerprint density at radius 1 is 1.39 bits per heavy atom. The van der Waals surface area contributed by atoms with Gasteiger partial charge < -0.3 is 20.3 Å². The predicted octanol–water partition coefficient (Wildman–Crippen LogP) is 1.81. The number of fused-ring (bicyclic) bond motifs is 1. The van der Waals surface area contributed by atoms with Gasteiger partial charge in [0.05, 0.1) is 11.0 Å². The molecule has 0 spiro atoms. The molecule has 0 aliphatic carbocycles. The number of rotatable bonds is 8.